The lowest BCUT2D eigenvalue weighted by molar-refractivity contribution is 0.420. The van der Waals surface area contributed by atoms with Gasteiger partial charge in [-0.1, -0.05) is 12.1 Å². The Bertz CT molecular complexity index is 284. The minimum absolute atomic E-state index is 0.523. The molecular weight excluding hydrogens is 166 g/mol. The molecule has 1 aliphatic carbocycles. The van der Waals surface area contributed by atoms with Gasteiger partial charge < -0.3 is 9.84 Å². The van der Waals surface area contributed by atoms with Crippen molar-refractivity contribution in [3.63, 3.8) is 0 Å². The first-order valence-electron chi connectivity index (χ1n) is 4.81. The van der Waals surface area contributed by atoms with Crippen LogP contribution >= 0.6 is 0 Å². The van der Waals surface area contributed by atoms with Crippen molar-refractivity contribution in [1.82, 2.24) is 10.1 Å². The van der Waals surface area contributed by atoms with Gasteiger partial charge in [0.2, 0.25) is 0 Å². The molecule has 2 rings (SSSR count). The van der Waals surface area contributed by atoms with Gasteiger partial charge in [-0.05, 0) is 32.1 Å². The van der Waals surface area contributed by atoms with E-state index in [1.165, 1.54) is 19.3 Å². The van der Waals surface area contributed by atoms with Crippen molar-refractivity contribution >= 4 is 6.01 Å². The van der Waals surface area contributed by atoms with E-state index in [9.17, 15) is 0 Å². The lowest BCUT2D eigenvalue weighted by Crippen LogP contribution is -2.15. The first-order valence-corrected chi connectivity index (χ1v) is 4.81. The summed E-state index contributed by atoms with van der Waals surface area (Å²) in [5, 5.41) is 6.98. The van der Waals surface area contributed by atoms with Gasteiger partial charge in [-0.25, -0.2) is 0 Å². The van der Waals surface area contributed by atoms with E-state index in [-0.39, 0.29) is 0 Å². The summed E-state index contributed by atoms with van der Waals surface area (Å²) in [5.41, 5.74) is 0. The van der Waals surface area contributed by atoms with Gasteiger partial charge in [0.25, 0.3) is 0 Å². The van der Waals surface area contributed by atoms with Crippen molar-refractivity contribution in [2.75, 3.05) is 5.32 Å². The highest BCUT2D eigenvalue weighted by molar-refractivity contribution is 5.20. The Morgan fingerprint density at radius 2 is 2.31 bits per heavy atom. The van der Waals surface area contributed by atoms with Gasteiger partial charge in [0.1, 0.15) is 0 Å². The summed E-state index contributed by atoms with van der Waals surface area (Å²) in [6.07, 6.45) is 3.72. The molecule has 1 heterocycles. The maximum absolute atomic E-state index is 4.99. The molecule has 4 heteroatoms. The van der Waals surface area contributed by atoms with E-state index in [0.717, 1.165) is 5.92 Å². The second-order valence-electron chi connectivity index (χ2n) is 3.91. The van der Waals surface area contributed by atoms with Gasteiger partial charge in [0.05, 0.1) is 0 Å². The first-order chi connectivity index (χ1) is 6.24. The average Bonchev–Trinajstić information content (AvgIpc) is 2.62. The van der Waals surface area contributed by atoms with Crippen LogP contribution < -0.4 is 5.32 Å². The van der Waals surface area contributed by atoms with Crippen LogP contribution in [0, 0.1) is 12.8 Å². The molecule has 0 saturated heterocycles. The zero-order valence-corrected chi connectivity index (χ0v) is 8.08. The van der Waals surface area contributed by atoms with Crippen LogP contribution in [0.15, 0.2) is 4.52 Å². The number of aryl methyl sites for hydroxylation is 1. The van der Waals surface area contributed by atoms with Crippen molar-refractivity contribution in [2.24, 2.45) is 5.92 Å². The van der Waals surface area contributed by atoms with Crippen LogP contribution in [-0.4, -0.2) is 16.2 Å². The van der Waals surface area contributed by atoms with Gasteiger partial charge >= 0.3 is 6.01 Å². The molecule has 1 saturated carbocycles. The maximum Gasteiger partial charge on any atom is 0.321 e. The molecule has 72 valence electrons. The van der Waals surface area contributed by atoms with Crippen LogP contribution in [-0.2, 0) is 0 Å². The van der Waals surface area contributed by atoms with Crippen LogP contribution in [0.5, 0.6) is 0 Å². The molecule has 1 N–H and O–H groups in total. The third-order valence-corrected chi connectivity index (χ3v) is 2.55. The fourth-order valence-electron chi connectivity index (χ4n) is 1.87. The van der Waals surface area contributed by atoms with Gasteiger partial charge in [-0.15, -0.1) is 0 Å². The van der Waals surface area contributed by atoms with E-state index < -0.39 is 0 Å². The smallest absolute Gasteiger partial charge is 0.321 e. The summed E-state index contributed by atoms with van der Waals surface area (Å²) in [7, 11) is 0. The van der Waals surface area contributed by atoms with Crippen LogP contribution in [0.4, 0.5) is 6.01 Å². The minimum Gasteiger partial charge on any atom is -0.335 e. The Labute approximate surface area is 77.7 Å². The lowest BCUT2D eigenvalue weighted by Gasteiger charge is -2.08. The fourth-order valence-corrected chi connectivity index (χ4v) is 1.87. The van der Waals surface area contributed by atoms with Crippen molar-refractivity contribution in [3.05, 3.63) is 5.82 Å². The standard InChI is InChI=1S/C9H15N3O/c1-6-3-4-8(5-6)11-9-10-7(2)12-13-9/h6,8H,3-5H2,1-2H3,(H,10,11,12). The molecule has 4 nitrogen and oxygen atoms in total. The van der Waals surface area contributed by atoms with Crippen molar-refractivity contribution in [3.8, 4) is 0 Å². The molecule has 13 heavy (non-hydrogen) atoms. The number of nitrogens with one attached hydrogen (secondary N) is 1. The summed E-state index contributed by atoms with van der Waals surface area (Å²) < 4.78 is 4.99. The molecule has 2 atom stereocenters. The Balaban J connectivity index is 1.91. The van der Waals surface area contributed by atoms with Crippen molar-refractivity contribution < 1.29 is 4.52 Å². The summed E-state index contributed by atoms with van der Waals surface area (Å²) in [6.45, 7) is 4.10. The van der Waals surface area contributed by atoms with E-state index in [4.69, 9.17) is 4.52 Å². The lowest BCUT2D eigenvalue weighted by atomic mass is 10.1. The molecule has 0 aromatic carbocycles. The predicted octanol–water partition coefficient (Wildman–Crippen LogP) is 1.98. The Hall–Kier alpha value is -1.06. The largest absolute Gasteiger partial charge is 0.335 e. The molecule has 0 amide bonds. The molecule has 1 fully saturated rings. The number of rotatable bonds is 2. The monoisotopic (exact) mass is 181 g/mol. The second kappa shape index (κ2) is 3.36. The zero-order chi connectivity index (χ0) is 9.26. The molecule has 2 unspecified atom stereocenters. The van der Waals surface area contributed by atoms with E-state index in [1.807, 2.05) is 6.92 Å². The highest BCUT2D eigenvalue weighted by atomic mass is 16.5. The average molecular weight is 181 g/mol. The topological polar surface area (TPSA) is 51.0 Å². The van der Waals surface area contributed by atoms with E-state index in [2.05, 4.69) is 22.4 Å². The number of anilines is 1. The van der Waals surface area contributed by atoms with E-state index in [1.54, 1.807) is 0 Å². The summed E-state index contributed by atoms with van der Waals surface area (Å²) in [6, 6.07) is 1.09. The molecule has 1 aromatic rings. The number of nitrogens with zero attached hydrogens (tertiary/aromatic N) is 2. The van der Waals surface area contributed by atoms with Crippen LogP contribution in [0.3, 0.4) is 0 Å². The minimum atomic E-state index is 0.523. The highest BCUT2D eigenvalue weighted by Crippen LogP contribution is 2.26. The summed E-state index contributed by atoms with van der Waals surface area (Å²) >= 11 is 0. The molecule has 1 aliphatic rings. The SMILES string of the molecule is Cc1noc(NC2CCC(C)C2)n1. The molecule has 0 spiro atoms. The molecule has 0 radical (unpaired) electrons. The second-order valence-corrected chi connectivity index (χ2v) is 3.91. The van der Waals surface area contributed by atoms with Crippen molar-refractivity contribution in [2.45, 2.75) is 39.2 Å². The van der Waals surface area contributed by atoms with Gasteiger partial charge in [-0.2, -0.15) is 4.98 Å². The van der Waals surface area contributed by atoms with Gasteiger partial charge in [0.15, 0.2) is 5.82 Å². The molecule has 0 aliphatic heterocycles. The fraction of sp³-hybridized carbons (Fsp3) is 0.778. The predicted molar refractivity (Wildman–Crippen MR) is 49.5 cm³/mol. The van der Waals surface area contributed by atoms with Gasteiger partial charge in [-0.3, -0.25) is 0 Å². The van der Waals surface area contributed by atoms with E-state index >= 15 is 0 Å². The van der Waals surface area contributed by atoms with Crippen molar-refractivity contribution in [1.29, 1.82) is 0 Å². The quantitative estimate of drug-likeness (QED) is 0.758. The Morgan fingerprint density at radius 1 is 1.46 bits per heavy atom. The van der Waals surface area contributed by atoms with Crippen LogP contribution in [0.1, 0.15) is 32.0 Å². The number of hydrogen-bond acceptors (Lipinski definition) is 4. The van der Waals surface area contributed by atoms with Gasteiger partial charge in [0, 0.05) is 6.04 Å². The molecule has 1 aromatic heterocycles. The summed E-state index contributed by atoms with van der Waals surface area (Å²) in [5.74, 6) is 1.51. The Kier molecular flexibility index (Phi) is 2.20. The third-order valence-electron chi connectivity index (χ3n) is 2.55. The number of aromatic nitrogens is 2. The third kappa shape index (κ3) is 1.99. The maximum atomic E-state index is 4.99. The van der Waals surface area contributed by atoms with E-state index in [0.29, 0.717) is 17.9 Å². The molecular formula is C9H15N3O. The number of hydrogen-bond donors (Lipinski definition) is 1. The van der Waals surface area contributed by atoms with Crippen LogP contribution in [0.25, 0.3) is 0 Å². The highest BCUT2D eigenvalue weighted by Gasteiger charge is 2.22. The van der Waals surface area contributed by atoms with Crippen LogP contribution in [0.2, 0.25) is 0 Å². The summed E-state index contributed by atoms with van der Waals surface area (Å²) in [4.78, 5) is 4.11. The Morgan fingerprint density at radius 3 is 2.85 bits per heavy atom. The zero-order valence-electron chi connectivity index (χ0n) is 8.08. The molecule has 0 bridgehead atoms. The first kappa shape index (κ1) is 8.53. The normalized spacial score (nSPS) is 27.8.